The summed E-state index contributed by atoms with van der Waals surface area (Å²) in [5, 5.41) is 9.85. The third-order valence-electron chi connectivity index (χ3n) is 3.67. The zero-order valence-electron chi connectivity index (χ0n) is 11.4. The van der Waals surface area contributed by atoms with Gasteiger partial charge in [-0.1, -0.05) is 6.58 Å². The van der Waals surface area contributed by atoms with Gasteiger partial charge in [-0.25, -0.2) is 4.79 Å². The second kappa shape index (κ2) is 5.25. The molecule has 110 valence electrons. The molecule has 1 aliphatic heterocycles. The average Bonchev–Trinajstić information content (AvgIpc) is 2.92. The number of thiophene rings is 1. The fourth-order valence-electron chi connectivity index (χ4n) is 2.60. The van der Waals surface area contributed by atoms with E-state index in [1.165, 1.54) is 10.4 Å². The van der Waals surface area contributed by atoms with Gasteiger partial charge in [0.05, 0.1) is 17.4 Å². The van der Waals surface area contributed by atoms with Crippen molar-refractivity contribution in [1.82, 2.24) is 16.0 Å². The second-order valence-corrected chi connectivity index (χ2v) is 6.02. The predicted octanol–water partition coefficient (Wildman–Crippen LogP) is 1.24. The van der Waals surface area contributed by atoms with Crippen molar-refractivity contribution in [2.24, 2.45) is 5.73 Å². The van der Waals surface area contributed by atoms with E-state index in [9.17, 15) is 9.59 Å². The Labute approximate surface area is 126 Å². The molecular formula is C14H16N4O2S. The quantitative estimate of drug-likeness (QED) is 0.662. The van der Waals surface area contributed by atoms with Crippen LogP contribution in [0.5, 0.6) is 0 Å². The SMILES string of the molecule is C=C1NC(=O)NC(C(=O)NC2CCCc3ccsc32)=C1N. The van der Waals surface area contributed by atoms with Gasteiger partial charge in [0, 0.05) is 4.88 Å². The van der Waals surface area contributed by atoms with E-state index in [0.29, 0.717) is 0 Å². The molecule has 2 heterocycles. The van der Waals surface area contributed by atoms with Crippen molar-refractivity contribution in [3.05, 3.63) is 45.6 Å². The van der Waals surface area contributed by atoms with Gasteiger partial charge in [-0.3, -0.25) is 4.79 Å². The Morgan fingerprint density at radius 3 is 3.10 bits per heavy atom. The van der Waals surface area contributed by atoms with Crippen LogP contribution in [0, 0.1) is 0 Å². The van der Waals surface area contributed by atoms with Crippen LogP contribution in [0.4, 0.5) is 4.79 Å². The molecule has 3 rings (SSSR count). The summed E-state index contributed by atoms with van der Waals surface area (Å²) in [4.78, 5) is 25.0. The molecule has 21 heavy (non-hydrogen) atoms. The Balaban J connectivity index is 1.80. The summed E-state index contributed by atoms with van der Waals surface area (Å²) in [6.07, 6.45) is 2.97. The third-order valence-corrected chi connectivity index (χ3v) is 4.74. The van der Waals surface area contributed by atoms with Gasteiger partial charge in [0.2, 0.25) is 0 Å². The van der Waals surface area contributed by atoms with E-state index < -0.39 is 6.03 Å². The Hall–Kier alpha value is -2.28. The maximum absolute atomic E-state index is 12.4. The van der Waals surface area contributed by atoms with Crippen molar-refractivity contribution in [2.45, 2.75) is 25.3 Å². The fraction of sp³-hybridized carbons (Fsp3) is 0.286. The third kappa shape index (κ3) is 2.52. The van der Waals surface area contributed by atoms with Gasteiger partial charge in [-0.15, -0.1) is 11.3 Å². The largest absolute Gasteiger partial charge is 0.395 e. The van der Waals surface area contributed by atoms with Gasteiger partial charge < -0.3 is 21.7 Å². The van der Waals surface area contributed by atoms with Gasteiger partial charge in [-0.2, -0.15) is 0 Å². The van der Waals surface area contributed by atoms with Crippen molar-refractivity contribution >= 4 is 23.3 Å². The summed E-state index contributed by atoms with van der Waals surface area (Å²) in [6, 6.07) is 1.57. The molecule has 3 amide bonds. The van der Waals surface area contributed by atoms with E-state index in [1.54, 1.807) is 11.3 Å². The van der Waals surface area contributed by atoms with Crippen LogP contribution in [0.1, 0.15) is 29.3 Å². The number of aryl methyl sites for hydroxylation is 1. The van der Waals surface area contributed by atoms with Crippen molar-refractivity contribution in [1.29, 1.82) is 0 Å². The number of fused-ring (bicyclic) bond motifs is 1. The molecule has 0 bridgehead atoms. The first-order valence-corrected chi connectivity index (χ1v) is 7.58. The highest BCUT2D eigenvalue weighted by atomic mass is 32.1. The Morgan fingerprint density at radius 1 is 1.48 bits per heavy atom. The zero-order valence-corrected chi connectivity index (χ0v) is 12.2. The summed E-state index contributed by atoms with van der Waals surface area (Å²) in [5.74, 6) is -0.380. The minimum absolute atomic E-state index is 0.0263. The highest BCUT2D eigenvalue weighted by Crippen LogP contribution is 2.33. The molecule has 6 nitrogen and oxygen atoms in total. The lowest BCUT2D eigenvalue weighted by atomic mass is 9.95. The lowest BCUT2D eigenvalue weighted by Gasteiger charge is -2.26. The maximum atomic E-state index is 12.4. The smallest absolute Gasteiger partial charge is 0.323 e. The zero-order chi connectivity index (χ0) is 15.0. The van der Waals surface area contributed by atoms with E-state index in [-0.39, 0.29) is 29.0 Å². The molecule has 1 unspecified atom stereocenters. The van der Waals surface area contributed by atoms with E-state index in [2.05, 4.69) is 28.6 Å². The fourth-order valence-corrected chi connectivity index (χ4v) is 3.64. The summed E-state index contributed by atoms with van der Waals surface area (Å²) < 4.78 is 0. The molecule has 7 heteroatoms. The Bertz CT molecular complexity index is 662. The van der Waals surface area contributed by atoms with Crippen LogP contribution >= 0.6 is 11.3 Å². The Kier molecular flexibility index (Phi) is 3.42. The van der Waals surface area contributed by atoms with Gasteiger partial charge in [0.15, 0.2) is 0 Å². The van der Waals surface area contributed by atoms with Gasteiger partial charge >= 0.3 is 6.03 Å². The molecule has 1 aliphatic carbocycles. The molecule has 0 saturated heterocycles. The molecule has 0 saturated carbocycles. The number of nitrogens with one attached hydrogen (secondary N) is 3. The van der Waals surface area contributed by atoms with Crippen LogP contribution in [0.3, 0.4) is 0 Å². The molecule has 5 N–H and O–H groups in total. The number of hydrogen-bond donors (Lipinski definition) is 4. The average molecular weight is 304 g/mol. The first kappa shape index (κ1) is 13.7. The standard InChI is InChI=1S/C14H16N4O2S/c1-7-10(15)11(18-14(20)16-7)13(19)17-9-4-2-3-8-5-6-21-12(8)9/h5-6,9H,1-4,15H2,(H,17,19)(H2,16,18,20). The van der Waals surface area contributed by atoms with Gasteiger partial charge in [0.1, 0.15) is 5.70 Å². The molecule has 1 aromatic heterocycles. The van der Waals surface area contributed by atoms with E-state index >= 15 is 0 Å². The van der Waals surface area contributed by atoms with E-state index in [1.807, 2.05) is 5.38 Å². The summed E-state index contributed by atoms with van der Waals surface area (Å²) in [6.45, 7) is 3.62. The van der Waals surface area contributed by atoms with Crippen LogP contribution in [-0.2, 0) is 11.2 Å². The number of nitrogens with two attached hydrogens (primary N) is 1. The highest BCUT2D eigenvalue weighted by molar-refractivity contribution is 7.10. The molecule has 1 atom stereocenters. The summed E-state index contributed by atoms with van der Waals surface area (Å²) in [7, 11) is 0. The van der Waals surface area contributed by atoms with Gasteiger partial charge in [0.25, 0.3) is 5.91 Å². The molecular weight excluding hydrogens is 288 g/mol. The molecule has 0 fully saturated rings. The minimum Gasteiger partial charge on any atom is -0.395 e. The number of rotatable bonds is 2. The van der Waals surface area contributed by atoms with E-state index in [0.717, 1.165) is 19.3 Å². The van der Waals surface area contributed by atoms with Crippen molar-refractivity contribution in [3.8, 4) is 0 Å². The van der Waals surface area contributed by atoms with Crippen LogP contribution in [0.2, 0.25) is 0 Å². The van der Waals surface area contributed by atoms with Crippen molar-refractivity contribution in [2.75, 3.05) is 0 Å². The number of carbonyl (C=O) groups is 2. The second-order valence-electron chi connectivity index (χ2n) is 5.07. The molecule has 0 spiro atoms. The van der Waals surface area contributed by atoms with Gasteiger partial charge in [-0.05, 0) is 36.3 Å². The first-order valence-electron chi connectivity index (χ1n) is 6.70. The Morgan fingerprint density at radius 2 is 2.29 bits per heavy atom. The monoisotopic (exact) mass is 304 g/mol. The lowest BCUT2D eigenvalue weighted by molar-refractivity contribution is -0.118. The molecule has 0 radical (unpaired) electrons. The maximum Gasteiger partial charge on any atom is 0.323 e. The van der Waals surface area contributed by atoms with Crippen LogP contribution in [-0.4, -0.2) is 11.9 Å². The number of hydrogen-bond acceptors (Lipinski definition) is 4. The number of amides is 3. The predicted molar refractivity (Wildman–Crippen MR) is 80.2 cm³/mol. The van der Waals surface area contributed by atoms with Crippen LogP contribution < -0.4 is 21.7 Å². The first-order chi connectivity index (χ1) is 10.1. The van der Waals surface area contributed by atoms with E-state index in [4.69, 9.17) is 5.73 Å². The molecule has 2 aliphatic rings. The van der Waals surface area contributed by atoms with Crippen LogP contribution in [0.25, 0.3) is 0 Å². The normalized spacial score (nSPS) is 21.4. The number of carbonyl (C=O) groups excluding carboxylic acids is 2. The van der Waals surface area contributed by atoms with Crippen LogP contribution in [0.15, 0.2) is 35.1 Å². The lowest BCUT2D eigenvalue weighted by Crippen LogP contribution is -2.47. The van der Waals surface area contributed by atoms with Crippen molar-refractivity contribution < 1.29 is 9.59 Å². The number of urea groups is 1. The summed E-state index contributed by atoms with van der Waals surface area (Å²) >= 11 is 1.64. The highest BCUT2D eigenvalue weighted by Gasteiger charge is 2.28. The van der Waals surface area contributed by atoms with Crippen molar-refractivity contribution in [3.63, 3.8) is 0 Å². The molecule has 1 aromatic rings. The summed E-state index contributed by atoms with van der Waals surface area (Å²) in [5.41, 5.74) is 7.56. The minimum atomic E-state index is -0.500. The topological polar surface area (TPSA) is 96.2 Å². The molecule has 0 aromatic carbocycles.